The molecule has 4 nitrogen and oxygen atoms in total. The maximum atomic E-state index is 4.38. The van der Waals surface area contributed by atoms with Crippen LogP contribution in [0.15, 0.2) is 23.2 Å². The zero-order valence-electron chi connectivity index (χ0n) is 15.2. The minimum absolute atomic E-state index is 0.536. The summed E-state index contributed by atoms with van der Waals surface area (Å²) >= 11 is 0. The van der Waals surface area contributed by atoms with Gasteiger partial charge in [0.2, 0.25) is 0 Å². The van der Waals surface area contributed by atoms with E-state index in [1.165, 1.54) is 55.6 Å². The van der Waals surface area contributed by atoms with Crippen molar-refractivity contribution in [1.82, 2.24) is 15.5 Å². The van der Waals surface area contributed by atoms with Gasteiger partial charge in [0.1, 0.15) is 0 Å². The molecule has 128 valence electrons. The van der Waals surface area contributed by atoms with Crippen LogP contribution in [-0.2, 0) is 6.54 Å². The molecule has 1 aliphatic rings. The van der Waals surface area contributed by atoms with E-state index in [0.29, 0.717) is 6.04 Å². The van der Waals surface area contributed by atoms with Crippen LogP contribution in [-0.4, -0.2) is 43.6 Å². The van der Waals surface area contributed by atoms with E-state index in [2.05, 4.69) is 59.5 Å². The van der Waals surface area contributed by atoms with Gasteiger partial charge >= 0.3 is 0 Å². The number of hydrogen-bond donors (Lipinski definition) is 2. The molecule has 2 N–H and O–H groups in total. The molecule has 0 atom stereocenters. The number of piperidine rings is 1. The second-order valence-electron chi connectivity index (χ2n) is 6.62. The number of hydrogen-bond acceptors (Lipinski definition) is 2. The Labute approximate surface area is 141 Å². The Balaban J connectivity index is 1.80. The summed E-state index contributed by atoms with van der Waals surface area (Å²) < 4.78 is 0. The van der Waals surface area contributed by atoms with Crippen LogP contribution in [0.2, 0.25) is 0 Å². The van der Waals surface area contributed by atoms with Crippen molar-refractivity contribution < 1.29 is 0 Å². The summed E-state index contributed by atoms with van der Waals surface area (Å²) in [7, 11) is 1.85. The molecule has 1 aromatic carbocycles. The fraction of sp³-hybridized carbons (Fsp3) is 0.632. The van der Waals surface area contributed by atoms with Crippen LogP contribution in [0, 0.1) is 13.8 Å². The summed E-state index contributed by atoms with van der Waals surface area (Å²) in [5.41, 5.74) is 3.98. The first-order chi connectivity index (χ1) is 11.1. The lowest BCUT2D eigenvalue weighted by molar-refractivity contribution is 0.206. The Morgan fingerprint density at radius 3 is 2.61 bits per heavy atom. The third-order valence-corrected chi connectivity index (χ3v) is 4.64. The second kappa shape index (κ2) is 8.92. The van der Waals surface area contributed by atoms with Crippen molar-refractivity contribution in [2.45, 2.75) is 52.6 Å². The molecule has 0 aromatic heterocycles. The van der Waals surface area contributed by atoms with Crippen LogP contribution in [0.3, 0.4) is 0 Å². The molecule has 23 heavy (non-hydrogen) atoms. The van der Waals surface area contributed by atoms with E-state index in [0.717, 1.165) is 12.5 Å². The van der Waals surface area contributed by atoms with Gasteiger partial charge in [-0.25, -0.2) is 0 Å². The Kier molecular flexibility index (Phi) is 6.90. The normalized spacial score (nSPS) is 17.3. The molecule has 2 rings (SSSR count). The zero-order chi connectivity index (χ0) is 16.7. The number of nitrogens with zero attached hydrogens (tertiary/aromatic N) is 2. The standard InChI is InChI=1S/C19H32N4/c1-5-10-23-11-8-18(9-12-23)22-19(20-4)21-14-17-7-6-15(2)13-16(17)3/h6-7,13,18H,5,8-12,14H2,1-4H3,(H2,20,21,22). The summed E-state index contributed by atoms with van der Waals surface area (Å²) in [6.07, 6.45) is 3.64. The highest BCUT2D eigenvalue weighted by Gasteiger charge is 2.19. The van der Waals surface area contributed by atoms with Gasteiger partial charge in [-0.1, -0.05) is 30.7 Å². The van der Waals surface area contributed by atoms with E-state index >= 15 is 0 Å². The molecule has 0 amide bonds. The first-order valence-electron chi connectivity index (χ1n) is 8.88. The number of aliphatic imine (C=N–C) groups is 1. The maximum Gasteiger partial charge on any atom is 0.191 e. The van der Waals surface area contributed by atoms with E-state index in [1.807, 2.05) is 7.05 Å². The molecular formula is C19H32N4. The van der Waals surface area contributed by atoms with Crippen molar-refractivity contribution in [3.05, 3.63) is 34.9 Å². The van der Waals surface area contributed by atoms with Crippen LogP contribution in [0.25, 0.3) is 0 Å². The number of aryl methyl sites for hydroxylation is 2. The lowest BCUT2D eigenvalue weighted by Gasteiger charge is -2.32. The van der Waals surface area contributed by atoms with Gasteiger partial charge in [0, 0.05) is 32.7 Å². The quantitative estimate of drug-likeness (QED) is 0.648. The van der Waals surface area contributed by atoms with Gasteiger partial charge in [0.05, 0.1) is 0 Å². The summed E-state index contributed by atoms with van der Waals surface area (Å²) in [4.78, 5) is 6.94. The molecule has 1 aromatic rings. The minimum atomic E-state index is 0.536. The van der Waals surface area contributed by atoms with Gasteiger partial charge in [0.15, 0.2) is 5.96 Å². The van der Waals surface area contributed by atoms with E-state index in [-0.39, 0.29) is 0 Å². The molecule has 0 aliphatic carbocycles. The van der Waals surface area contributed by atoms with Crippen molar-refractivity contribution in [2.75, 3.05) is 26.7 Å². The first kappa shape index (κ1) is 17.8. The van der Waals surface area contributed by atoms with E-state index in [1.54, 1.807) is 0 Å². The summed E-state index contributed by atoms with van der Waals surface area (Å²) in [6, 6.07) is 7.14. The molecule has 1 heterocycles. The summed E-state index contributed by atoms with van der Waals surface area (Å²) in [5, 5.41) is 7.04. The lowest BCUT2D eigenvalue weighted by Crippen LogP contribution is -2.48. The Bertz CT molecular complexity index is 516. The van der Waals surface area contributed by atoms with Crippen molar-refractivity contribution in [1.29, 1.82) is 0 Å². The fourth-order valence-electron chi connectivity index (χ4n) is 3.23. The molecular weight excluding hydrogens is 284 g/mol. The molecule has 1 aliphatic heterocycles. The molecule has 0 spiro atoms. The second-order valence-corrected chi connectivity index (χ2v) is 6.62. The average molecular weight is 316 g/mol. The van der Waals surface area contributed by atoms with Gasteiger partial charge < -0.3 is 15.5 Å². The maximum absolute atomic E-state index is 4.38. The third-order valence-electron chi connectivity index (χ3n) is 4.64. The predicted octanol–water partition coefficient (Wildman–Crippen LogP) is 2.84. The molecule has 0 unspecified atom stereocenters. The number of likely N-dealkylation sites (tertiary alicyclic amines) is 1. The monoisotopic (exact) mass is 316 g/mol. The van der Waals surface area contributed by atoms with Gasteiger partial charge in [-0.15, -0.1) is 0 Å². The zero-order valence-corrected chi connectivity index (χ0v) is 15.2. The SMILES string of the molecule is CCCN1CCC(NC(=NC)NCc2ccc(C)cc2C)CC1. The van der Waals surface area contributed by atoms with Crippen LogP contribution >= 0.6 is 0 Å². The highest BCUT2D eigenvalue weighted by Crippen LogP contribution is 2.12. The minimum Gasteiger partial charge on any atom is -0.354 e. The smallest absolute Gasteiger partial charge is 0.191 e. The fourth-order valence-corrected chi connectivity index (χ4v) is 3.23. The van der Waals surface area contributed by atoms with Gasteiger partial charge in [0.25, 0.3) is 0 Å². The van der Waals surface area contributed by atoms with Crippen molar-refractivity contribution in [3.8, 4) is 0 Å². The van der Waals surface area contributed by atoms with E-state index in [9.17, 15) is 0 Å². The molecule has 1 fully saturated rings. The number of guanidine groups is 1. The number of nitrogens with one attached hydrogen (secondary N) is 2. The summed E-state index contributed by atoms with van der Waals surface area (Å²) in [6.45, 7) is 11.0. The van der Waals surface area contributed by atoms with Crippen LogP contribution in [0.1, 0.15) is 42.9 Å². The molecule has 0 saturated carbocycles. The van der Waals surface area contributed by atoms with Crippen molar-refractivity contribution >= 4 is 5.96 Å². The van der Waals surface area contributed by atoms with Gasteiger partial charge in [-0.2, -0.15) is 0 Å². The average Bonchev–Trinajstić information content (AvgIpc) is 2.54. The molecule has 0 bridgehead atoms. The Morgan fingerprint density at radius 1 is 1.26 bits per heavy atom. The highest BCUT2D eigenvalue weighted by atomic mass is 15.2. The largest absolute Gasteiger partial charge is 0.354 e. The predicted molar refractivity (Wildman–Crippen MR) is 99.0 cm³/mol. The van der Waals surface area contributed by atoms with Crippen LogP contribution < -0.4 is 10.6 Å². The van der Waals surface area contributed by atoms with Gasteiger partial charge in [-0.3, -0.25) is 4.99 Å². The lowest BCUT2D eigenvalue weighted by atomic mass is 10.0. The topological polar surface area (TPSA) is 39.7 Å². The number of rotatable bonds is 5. The molecule has 1 saturated heterocycles. The molecule has 0 radical (unpaired) electrons. The van der Waals surface area contributed by atoms with Crippen molar-refractivity contribution in [3.63, 3.8) is 0 Å². The Hall–Kier alpha value is -1.55. The van der Waals surface area contributed by atoms with E-state index in [4.69, 9.17) is 0 Å². The third kappa shape index (κ3) is 5.54. The summed E-state index contributed by atoms with van der Waals surface area (Å²) in [5.74, 6) is 0.916. The molecule has 4 heteroatoms. The highest BCUT2D eigenvalue weighted by molar-refractivity contribution is 5.80. The van der Waals surface area contributed by atoms with E-state index < -0.39 is 0 Å². The van der Waals surface area contributed by atoms with Crippen molar-refractivity contribution in [2.24, 2.45) is 4.99 Å². The number of benzene rings is 1. The Morgan fingerprint density at radius 2 is 2.00 bits per heavy atom. The van der Waals surface area contributed by atoms with Gasteiger partial charge in [-0.05, 0) is 50.8 Å². The van der Waals surface area contributed by atoms with Crippen LogP contribution in [0.5, 0.6) is 0 Å². The first-order valence-corrected chi connectivity index (χ1v) is 8.88. The van der Waals surface area contributed by atoms with Crippen LogP contribution in [0.4, 0.5) is 0 Å².